The summed E-state index contributed by atoms with van der Waals surface area (Å²) in [5.74, 6) is 3.21. The van der Waals surface area contributed by atoms with Gasteiger partial charge in [0.15, 0.2) is 0 Å². The Bertz CT molecular complexity index is 298. The van der Waals surface area contributed by atoms with E-state index in [0.717, 1.165) is 36.5 Å². The quantitative estimate of drug-likeness (QED) is 0.718. The summed E-state index contributed by atoms with van der Waals surface area (Å²) in [4.78, 5) is 0. The molecule has 0 aliphatic carbocycles. The molecule has 0 aliphatic rings. The topological polar surface area (TPSA) is 29.5 Å². The molecule has 0 saturated carbocycles. The highest BCUT2D eigenvalue weighted by Gasteiger charge is 2.04. The Labute approximate surface area is 108 Å². The molecule has 0 unspecified atom stereocenters. The SMILES string of the molecule is CCSCCCOc1ccc([C@H](O)CC)cc1. The molecular weight excluding hydrogens is 232 g/mol. The van der Waals surface area contributed by atoms with Gasteiger partial charge in [-0.25, -0.2) is 0 Å². The van der Waals surface area contributed by atoms with Crippen molar-refractivity contribution >= 4 is 11.8 Å². The molecule has 0 radical (unpaired) electrons. The third-order valence-electron chi connectivity index (χ3n) is 2.56. The third-order valence-corrected chi connectivity index (χ3v) is 3.54. The Morgan fingerprint density at radius 3 is 2.53 bits per heavy atom. The molecular formula is C14H22O2S. The monoisotopic (exact) mass is 254 g/mol. The maximum absolute atomic E-state index is 9.65. The first-order valence-electron chi connectivity index (χ1n) is 6.26. The average Bonchev–Trinajstić information content (AvgIpc) is 2.38. The van der Waals surface area contributed by atoms with E-state index in [-0.39, 0.29) is 6.10 Å². The van der Waals surface area contributed by atoms with Gasteiger partial charge in [0.25, 0.3) is 0 Å². The summed E-state index contributed by atoms with van der Waals surface area (Å²) in [6.45, 7) is 4.91. The van der Waals surface area contributed by atoms with E-state index < -0.39 is 0 Å². The minimum absolute atomic E-state index is 0.356. The van der Waals surface area contributed by atoms with Gasteiger partial charge in [-0.1, -0.05) is 26.0 Å². The van der Waals surface area contributed by atoms with Crippen LogP contribution in [-0.2, 0) is 0 Å². The van der Waals surface area contributed by atoms with Crippen molar-refractivity contribution in [3.63, 3.8) is 0 Å². The molecule has 0 bridgehead atoms. The second kappa shape index (κ2) is 8.43. The fourth-order valence-corrected chi connectivity index (χ4v) is 2.13. The smallest absolute Gasteiger partial charge is 0.119 e. The lowest BCUT2D eigenvalue weighted by molar-refractivity contribution is 0.173. The van der Waals surface area contributed by atoms with Crippen LogP contribution in [0.4, 0.5) is 0 Å². The van der Waals surface area contributed by atoms with Gasteiger partial charge >= 0.3 is 0 Å². The van der Waals surface area contributed by atoms with Crippen LogP contribution in [0.25, 0.3) is 0 Å². The summed E-state index contributed by atoms with van der Waals surface area (Å²) in [7, 11) is 0. The molecule has 1 aromatic carbocycles. The predicted octanol–water partition coefficient (Wildman–Crippen LogP) is 3.65. The number of benzene rings is 1. The Morgan fingerprint density at radius 2 is 1.94 bits per heavy atom. The molecule has 0 saturated heterocycles. The van der Waals surface area contributed by atoms with Crippen molar-refractivity contribution in [2.24, 2.45) is 0 Å². The second-order valence-corrected chi connectivity index (χ2v) is 5.29. The minimum Gasteiger partial charge on any atom is -0.494 e. The number of aliphatic hydroxyl groups is 1. The van der Waals surface area contributed by atoms with E-state index in [9.17, 15) is 5.11 Å². The van der Waals surface area contributed by atoms with E-state index in [1.165, 1.54) is 5.75 Å². The van der Waals surface area contributed by atoms with Crippen LogP contribution in [0.2, 0.25) is 0 Å². The summed E-state index contributed by atoms with van der Waals surface area (Å²) >= 11 is 1.94. The summed E-state index contributed by atoms with van der Waals surface area (Å²) in [5.41, 5.74) is 0.960. The lowest BCUT2D eigenvalue weighted by Crippen LogP contribution is -2.00. The van der Waals surface area contributed by atoms with Gasteiger partial charge in [0.05, 0.1) is 12.7 Å². The molecule has 96 valence electrons. The van der Waals surface area contributed by atoms with Crippen LogP contribution in [0, 0.1) is 0 Å². The van der Waals surface area contributed by atoms with Gasteiger partial charge in [0.2, 0.25) is 0 Å². The van der Waals surface area contributed by atoms with Gasteiger partial charge in [-0.15, -0.1) is 0 Å². The lowest BCUT2D eigenvalue weighted by atomic mass is 10.1. The van der Waals surface area contributed by atoms with Crippen LogP contribution < -0.4 is 4.74 Å². The molecule has 1 rings (SSSR count). The molecule has 0 fully saturated rings. The highest BCUT2D eigenvalue weighted by atomic mass is 32.2. The molecule has 1 aromatic rings. The van der Waals surface area contributed by atoms with Crippen molar-refractivity contribution in [1.82, 2.24) is 0 Å². The molecule has 0 heterocycles. The van der Waals surface area contributed by atoms with E-state index in [0.29, 0.717) is 0 Å². The van der Waals surface area contributed by atoms with Crippen molar-refractivity contribution in [2.75, 3.05) is 18.1 Å². The molecule has 1 N–H and O–H groups in total. The summed E-state index contributed by atoms with van der Waals surface area (Å²) in [6.07, 6.45) is 1.47. The second-order valence-electron chi connectivity index (χ2n) is 3.89. The van der Waals surface area contributed by atoms with Gasteiger partial charge in [-0.2, -0.15) is 11.8 Å². The van der Waals surface area contributed by atoms with Crippen LogP contribution in [0.1, 0.15) is 38.4 Å². The van der Waals surface area contributed by atoms with Gasteiger partial charge in [0.1, 0.15) is 5.75 Å². The Balaban J connectivity index is 2.30. The lowest BCUT2D eigenvalue weighted by Gasteiger charge is -2.10. The first-order valence-corrected chi connectivity index (χ1v) is 7.42. The van der Waals surface area contributed by atoms with E-state index in [4.69, 9.17) is 4.74 Å². The zero-order valence-corrected chi connectivity index (χ0v) is 11.5. The Kier molecular flexibility index (Phi) is 7.13. The number of ether oxygens (including phenoxy) is 1. The van der Waals surface area contributed by atoms with Gasteiger partial charge in [0, 0.05) is 0 Å². The van der Waals surface area contributed by atoms with E-state index in [1.807, 2.05) is 43.0 Å². The van der Waals surface area contributed by atoms with Crippen LogP contribution >= 0.6 is 11.8 Å². The minimum atomic E-state index is -0.356. The van der Waals surface area contributed by atoms with E-state index >= 15 is 0 Å². The molecule has 2 nitrogen and oxygen atoms in total. The summed E-state index contributed by atoms with van der Waals surface area (Å²) in [6, 6.07) is 7.73. The molecule has 0 aromatic heterocycles. The number of hydrogen-bond donors (Lipinski definition) is 1. The number of thioether (sulfide) groups is 1. The van der Waals surface area contributed by atoms with E-state index in [2.05, 4.69) is 6.92 Å². The standard InChI is InChI=1S/C14H22O2S/c1-3-14(15)12-6-8-13(9-7-12)16-10-5-11-17-4-2/h6-9,14-15H,3-5,10-11H2,1-2H3/t14-/m1/s1. The molecule has 1 atom stereocenters. The zero-order valence-electron chi connectivity index (χ0n) is 10.7. The van der Waals surface area contributed by atoms with Gasteiger partial charge < -0.3 is 9.84 Å². The largest absolute Gasteiger partial charge is 0.494 e. The molecule has 17 heavy (non-hydrogen) atoms. The van der Waals surface area contributed by atoms with Crippen molar-refractivity contribution < 1.29 is 9.84 Å². The highest BCUT2D eigenvalue weighted by molar-refractivity contribution is 7.99. The number of aliphatic hydroxyl groups excluding tert-OH is 1. The Morgan fingerprint density at radius 1 is 1.24 bits per heavy atom. The maximum atomic E-state index is 9.65. The van der Waals surface area contributed by atoms with Crippen molar-refractivity contribution in [3.8, 4) is 5.75 Å². The highest BCUT2D eigenvalue weighted by Crippen LogP contribution is 2.19. The van der Waals surface area contributed by atoms with Gasteiger partial charge in [-0.05, 0) is 42.0 Å². The van der Waals surface area contributed by atoms with Gasteiger partial charge in [-0.3, -0.25) is 0 Å². The molecule has 0 amide bonds. The van der Waals surface area contributed by atoms with Crippen molar-refractivity contribution in [2.45, 2.75) is 32.8 Å². The summed E-state index contributed by atoms with van der Waals surface area (Å²) in [5, 5.41) is 9.65. The van der Waals surface area contributed by atoms with Crippen molar-refractivity contribution in [1.29, 1.82) is 0 Å². The fraction of sp³-hybridized carbons (Fsp3) is 0.571. The molecule has 0 spiro atoms. The number of hydrogen-bond acceptors (Lipinski definition) is 3. The predicted molar refractivity (Wildman–Crippen MR) is 74.8 cm³/mol. The molecule has 0 aliphatic heterocycles. The van der Waals surface area contributed by atoms with Crippen LogP contribution in [0.15, 0.2) is 24.3 Å². The first-order chi connectivity index (χ1) is 8.27. The van der Waals surface area contributed by atoms with Crippen LogP contribution in [0.3, 0.4) is 0 Å². The van der Waals surface area contributed by atoms with E-state index in [1.54, 1.807) is 0 Å². The maximum Gasteiger partial charge on any atom is 0.119 e. The zero-order chi connectivity index (χ0) is 12.5. The average molecular weight is 254 g/mol. The number of rotatable bonds is 8. The summed E-state index contributed by atoms with van der Waals surface area (Å²) < 4.78 is 5.63. The van der Waals surface area contributed by atoms with Crippen LogP contribution in [0.5, 0.6) is 5.75 Å². The van der Waals surface area contributed by atoms with Crippen LogP contribution in [-0.4, -0.2) is 23.2 Å². The van der Waals surface area contributed by atoms with Crippen molar-refractivity contribution in [3.05, 3.63) is 29.8 Å². The Hall–Kier alpha value is -0.670. The third kappa shape index (κ3) is 5.46. The molecule has 3 heteroatoms. The normalized spacial score (nSPS) is 12.4. The fourth-order valence-electron chi connectivity index (χ4n) is 1.52. The first kappa shape index (κ1) is 14.4.